The van der Waals surface area contributed by atoms with Crippen LogP contribution in [0.2, 0.25) is 0 Å². The number of para-hydroxylation sites is 2. The van der Waals surface area contributed by atoms with Crippen LogP contribution < -0.4 is 14.8 Å². The molecule has 0 heterocycles. The first-order valence-corrected chi connectivity index (χ1v) is 8.70. The number of halogens is 2. The molecular weight excluding hydrogens is 366 g/mol. The zero-order valence-corrected chi connectivity index (χ0v) is 14.1. The summed E-state index contributed by atoms with van der Waals surface area (Å²) in [6.07, 6.45) is 5.01. The van der Waals surface area contributed by atoms with Gasteiger partial charge in [-0.2, -0.15) is 13.5 Å². The molecule has 0 bridgehead atoms. The number of hydrogen-bond acceptors (Lipinski definition) is 4. The first-order chi connectivity index (χ1) is 12.3. The third kappa shape index (κ3) is 5.02. The smallest absolute Gasteiger partial charge is 0.387 e. The van der Waals surface area contributed by atoms with Crippen LogP contribution in [0.15, 0.2) is 53.4 Å². The number of amides is 1. The van der Waals surface area contributed by atoms with Crippen molar-refractivity contribution >= 4 is 21.6 Å². The van der Waals surface area contributed by atoms with Crippen LogP contribution in [0.3, 0.4) is 0 Å². The zero-order chi connectivity index (χ0) is 19.2. The Morgan fingerprint density at radius 2 is 1.81 bits per heavy atom. The lowest BCUT2D eigenvalue weighted by atomic mass is 10.2. The molecule has 6 nitrogen and oxygen atoms in total. The van der Waals surface area contributed by atoms with E-state index in [1.165, 1.54) is 42.5 Å². The minimum atomic E-state index is -3.77. The number of ether oxygens (including phenoxy) is 1. The van der Waals surface area contributed by atoms with E-state index in [0.717, 1.165) is 0 Å². The quantitative estimate of drug-likeness (QED) is 0.723. The number of carbonyl (C=O) groups is 1. The molecule has 9 heteroatoms. The average molecular weight is 380 g/mol. The Bertz CT molecular complexity index is 923. The summed E-state index contributed by atoms with van der Waals surface area (Å²) in [5, 5.41) is 2.44. The Balaban J connectivity index is 2.16. The van der Waals surface area contributed by atoms with E-state index in [-0.39, 0.29) is 28.4 Å². The standard InChI is InChI=1S/C17H14F2N2O4S/c1-2-11-20-26(23,24)13-9-7-12(8-10-13)16(22)21-14-5-3-4-6-15(14)25-17(18)19/h1,3-10,17,20H,11H2,(H,21,22). The number of hydrogen-bond donors (Lipinski definition) is 2. The lowest BCUT2D eigenvalue weighted by molar-refractivity contribution is -0.0493. The Morgan fingerprint density at radius 1 is 1.15 bits per heavy atom. The van der Waals surface area contributed by atoms with E-state index >= 15 is 0 Å². The summed E-state index contributed by atoms with van der Waals surface area (Å²) in [6.45, 7) is -3.20. The molecule has 1 amide bonds. The minimum absolute atomic E-state index is 0.0604. The molecule has 0 unspecified atom stereocenters. The molecular formula is C17H14F2N2O4S. The molecule has 0 saturated carbocycles. The number of benzene rings is 2. The second-order valence-corrected chi connectivity index (χ2v) is 6.65. The Kier molecular flexibility index (Phi) is 6.27. The summed E-state index contributed by atoms with van der Waals surface area (Å²) in [4.78, 5) is 12.2. The van der Waals surface area contributed by atoms with Crippen molar-refractivity contribution in [3.63, 3.8) is 0 Å². The van der Waals surface area contributed by atoms with Crippen molar-refractivity contribution < 1.29 is 26.7 Å². The van der Waals surface area contributed by atoms with Crippen molar-refractivity contribution in [1.82, 2.24) is 4.72 Å². The molecule has 2 aromatic carbocycles. The summed E-state index contributed by atoms with van der Waals surface area (Å²) in [7, 11) is -3.77. The van der Waals surface area contributed by atoms with E-state index in [1.807, 2.05) is 0 Å². The third-order valence-corrected chi connectivity index (χ3v) is 4.56. The van der Waals surface area contributed by atoms with Crippen molar-refractivity contribution in [3.05, 3.63) is 54.1 Å². The highest BCUT2D eigenvalue weighted by molar-refractivity contribution is 7.89. The molecule has 0 radical (unpaired) electrons. The SMILES string of the molecule is C#CCNS(=O)(=O)c1ccc(C(=O)Nc2ccccc2OC(F)F)cc1. The molecule has 0 aliphatic carbocycles. The van der Waals surface area contributed by atoms with Crippen LogP contribution in [0.25, 0.3) is 0 Å². The van der Waals surface area contributed by atoms with E-state index in [2.05, 4.69) is 20.7 Å². The van der Waals surface area contributed by atoms with Gasteiger partial charge >= 0.3 is 6.61 Å². The van der Waals surface area contributed by atoms with E-state index in [0.29, 0.717) is 0 Å². The number of sulfonamides is 1. The summed E-state index contributed by atoms with van der Waals surface area (Å²) in [5.41, 5.74) is 0.193. The molecule has 0 aliphatic rings. The van der Waals surface area contributed by atoms with Gasteiger partial charge in [-0.1, -0.05) is 18.1 Å². The van der Waals surface area contributed by atoms with Gasteiger partial charge in [0, 0.05) is 5.56 Å². The van der Waals surface area contributed by atoms with Gasteiger partial charge in [0.1, 0.15) is 5.75 Å². The first kappa shape index (κ1) is 19.4. The molecule has 2 rings (SSSR count). The Hall–Kier alpha value is -2.96. The van der Waals surface area contributed by atoms with Crippen LogP contribution in [0.1, 0.15) is 10.4 Å². The molecule has 2 aromatic rings. The van der Waals surface area contributed by atoms with E-state index < -0.39 is 22.5 Å². The van der Waals surface area contributed by atoms with E-state index in [1.54, 1.807) is 6.07 Å². The summed E-state index contributed by atoms with van der Waals surface area (Å²) in [5.74, 6) is 1.35. The summed E-state index contributed by atoms with van der Waals surface area (Å²) >= 11 is 0. The molecule has 136 valence electrons. The molecule has 2 N–H and O–H groups in total. The highest BCUT2D eigenvalue weighted by atomic mass is 32.2. The predicted octanol–water partition coefficient (Wildman–Crippen LogP) is 2.45. The Labute approximate surface area is 149 Å². The molecule has 0 saturated heterocycles. The van der Waals surface area contributed by atoms with Crippen molar-refractivity contribution in [1.29, 1.82) is 0 Å². The third-order valence-electron chi connectivity index (χ3n) is 3.14. The lowest BCUT2D eigenvalue weighted by Crippen LogP contribution is -2.24. The lowest BCUT2D eigenvalue weighted by Gasteiger charge is -2.12. The van der Waals surface area contributed by atoms with Crippen LogP contribution >= 0.6 is 0 Å². The Morgan fingerprint density at radius 3 is 2.42 bits per heavy atom. The van der Waals surface area contributed by atoms with Crippen LogP contribution in [-0.2, 0) is 10.0 Å². The van der Waals surface area contributed by atoms with Gasteiger partial charge in [-0.3, -0.25) is 4.79 Å². The second kappa shape index (κ2) is 8.42. The van der Waals surface area contributed by atoms with E-state index in [4.69, 9.17) is 6.42 Å². The van der Waals surface area contributed by atoms with Gasteiger partial charge in [-0.25, -0.2) is 8.42 Å². The van der Waals surface area contributed by atoms with Gasteiger partial charge in [-0.05, 0) is 36.4 Å². The maximum Gasteiger partial charge on any atom is 0.387 e. The molecule has 0 aromatic heterocycles. The second-order valence-electron chi connectivity index (χ2n) is 4.88. The number of alkyl halides is 2. The number of anilines is 1. The summed E-state index contributed by atoms with van der Waals surface area (Å²) in [6, 6.07) is 10.8. The van der Waals surface area contributed by atoms with Crippen LogP contribution in [0.5, 0.6) is 5.75 Å². The number of nitrogens with one attached hydrogen (secondary N) is 2. The molecule has 26 heavy (non-hydrogen) atoms. The van der Waals surface area contributed by atoms with Gasteiger partial charge in [-0.15, -0.1) is 6.42 Å². The molecule has 0 aliphatic heterocycles. The fourth-order valence-electron chi connectivity index (χ4n) is 1.97. The van der Waals surface area contributed by atoms with Gasteiger partial charge in [0.15, 0.2) is 0 Å². The molecule has 0 spiro atoms. The monoisotopic (exact) mass is 380 g/mol. The van der Waals surface area contributed by atoms with Gasteiger partial charge in [0.25, 0.3) is 5.91 Å². The van der Waals surface area contributed by atoms with Gasteiger partial charge in [0.05, 0.1) is 17.1 Å². The maximum absolute atomic E-state index is 12.4. The topological polar surface area (TPSA) is 84.5 Å². The van der Waals surface area contributed by atoms with Crippen molar-refractivity contribution in [2.45, 2.75) is 11.5 Å². The molecule has 0 fully saturated rings. The fraction of sp³-hybridized carbons (Fsp3) is 0.118. The normalized spacial score (nSPS) is 11.0. The molecule has 0 atom stereocenters. The summed E-state index contributed by atoms with van der Waals surface area (Å²) < 4.78 is 55.1. The largest absolute Gasteiger partial charge is 0.433 e. The van der Waals surface area contributed by atoms with Gasteiger partial charge < -0.3 is 10.1 Å². The average Bonchev–Trinajstić information content (AvgIpc) is 2.61. The maximum atomic E-state index is 12.4. The van der Waals surface area contributed by atoms with E-state index in [9.17, 15) is 22.0 Å². The number of rotatable bonds is 7. The van der Waals surface area contributed by atoms with Crippen LogP contribution in [-0.4, -0.2) is 27.5 Å². The van der Waals surface area contributed by atoms with Crippen molar-refractivity contribution in [2.75, 3.05) is 11.9 Å². The minimum Gasteiger partial charge on any atom is -0.433 e. The predicted molar refractivity (Wildman–Crippen MR) is 91.5 cm³/mol. The van der Waals surface area contributed by atoms with Gasteiger partial charge in [0.2, 0.25) is 10.0 Å². The van der Waals surface area contributed by atoms with Crippen LogP contribution in [0.4, 0.5) is 14.5 Å². The highest BCUT2D eigenvalue weighted by Crippen LogP contribution is 2.26. The van der Waals surface area contributed by atoms with Crippen LogP contribution in [0, 0.1) is 12.3 Å². The zero-order valence-electron chi connectivity index (χ0n) is 13.3. The van der Waals surface area contributed by atoms with Crippen molar-refractivity contribution in [2.24, 2.45) is 0 Å². The first-order valence-electron chi connectivity index (χ1n) is 7.22. The number of carbonyl (C=O) groups excluding carboxylic acids is 1. The van der Waals surface area contributed by atoms with Crippen molar-refractivity contribution in [3.8, 4) is 18.1 Å². The highest BCUT2D eigenvalue weighted by Gasteiger charge is 2.16. The number of terminal acetylenes is 1. The fourth-order valence-corrected chi connectivity index (χ4v) is 2.90.